The molecule has 2 aromatic heterocycles. The molecule has 0 unspecified atom stereocenters. The first kappa shape index (κ1) is 28.1. The van der Waals surface area contributed by atoms with Gasteiger partial charge in [-0.2, -0.15) is 0 Å². The number of aryl methyl sites for hydroxylation is 1. The second-order valence-corrected chi connectivity index (χ2v) is 9.54. The van der Waals surface area contributed by atoms with Gasteiger partial charge in [-0.3, -0.25) is 4.98 Å². The van der Waals surface area contributed by atoms with E-state index in [1.54, 1.807) is 6.20 Å². The molecule has 0 aliphatic rings. The molecule has 0 atom stereocenters. The number of hydrogen-bond donors (Lipinski definition) is 2. The third kappa shape index (κ3) is 7.17. The topological polar surface area (TPSA) is 160 Å². The van der Waals surface area contributed by atoms with Crippen molar-refractivity contribution in [1.29, 1.82) is 0 Å². The van der Waals surface area contributed by atoms with Gasteiger partial charge < -0.3 is 25.8 Å². The van der Waals surface area contributed by atoms with Gasteiger partial charge in [-0.05, 0) is 36.8 Å². The molecule has 0 saturated carbocycles. The molecule has 2 heterocycles. The molecule has 0 aliphatic carbocycles. The maximum Gasteiger partial charge on any atom is 0.268 e. The first-order valence-corrected chi connectivity index (χ1v) is 11.8. The number of aliphatic hydroxyl groups is 1. The van der Waals surface area contributed by atoms with Crippen molar-refractivity contribution in [2.24, 2.45) is 0 Å². The molecule has 35 heavy (non-hydrogen) atoms. The number of hydrogen-bond acceptors (Lipinski definition) is 8. The van der Waals surface area contributed by atoms with Crippen LogP contribution in [0.15, 0.2) is 64.0 Å². The molecule has 0 saturated heterocycles. The number of aromatic nitrogens is 4. The van der Waals surface area contributed by atoms with E-state index >= 15 is 0 Å². The van der Waals surface area contributed by atoms with E-state index in [1.807, 2.05) is 43.0 Å². The van der Waals surface area contributed by atoms with Gasteiger partial charge in [-0.15, -0.1) is 22.0 Å². The minimum Gasteiger partial charge on any atom is -0.415 e. The number of thioether (sulfide) groups is 1. The van der Waals surface area contributed by atoms with Gasteiger partial charge in [0.25, 0.3) is 5.89 Å². The highest BCUT2D eigenvalue weighted by atomic mass is 32.2. The Hall–Kier alpha value is -3.15. The van der Waals surface area contributed by atoms with Gasteiger partial charge >= 0.3 is 0 Å². The van der Waals surface area contributed by atoms with Gasteiger partial charge in [0.05, 0.1) is 24.2 Å². The van der Waals surface area contributed by atoms with Gasteiger partial charge in [-0.1, -0.05) is 38.1 Å². The van der Waals surface area contributed by atoms with Crippen molar-refractivity contribution in [2.45, 2.75) is 37.5 Å². The van der Waals surface area contributed by atoms with Crippen molar-refractivity contribution in [3.05, 3.63) is 66.0 Å². The third-order valence-corrected chi connectivity index (χ3v) is 5.94. The van der Waals surface area contributed by atoms with Crippen LogP contribution < -0.4 is 5.32 Å². The Morgan fingerprint density at radius 3 is 2.29 bits per heavy atom. The summed E-state index contributed by atoms with van der Waals surface area (Å²) in [4.78, 5) is 10.5. The normalized spacial score (nSPS) is 10.7. The smallest absolute Gasteiger partial charge is 0.268 e. The molecule has 4 aromatic rings. The Morgan fingerprint density at radius 1 is 0.971 bits per heavy atom. The summed E-state index contributed by atoms with van der Waals surface area (Å²) in [5.74, 6) is 0.777. The molecule has 10 heteroatoms. The minimum absolute atomic E-state index is 0. The largest absolute Gasteiger partial charge is 0.415 e. The zero-order valence-corrected chi connectivity index (χ0v) is 20.8. The summed E-state index contributed by atoms with van der Waals surface area (Å²) in [5.41, 5.74) is 5.00. The fraction of sp³-hybridized carbons (Fsp3) is 0.280. The lowest BCUT2D eigenvalue weighted by Crippen LogP contribution is -2.17. The molecule has 2 aromatic carbocycles. The van der Waals surface area contributed by atoms with Crippen LogP contribution in [0.1, 0.15) is 28.0 Å². The lowest BCUT2D eigenvalue weighted by Gasteiger charge is -2.07. The van der Waals surface area contributed by atoms with Gasteiger partial charge in [0.2, 0.25) is 5.89 Å². The van der Waals surface area contributed by atoms with E-state index in [1.165, 1.54) is 4.90 Å². The van der Waals surface area contributed by atoms with E-state index in [-0.39, 0.29) is 20.4 Å². The highest BCUT2D eigenvalue weighted by Gasteiger charge is 2.16. The zero-order chi connectivity index (χ0) is 23.2. The highest BCUT2D eigenvalue weighted by molar-refractivity contribution is 7.99. The first-order valence-electron chi connectivity index (χ1n) is 10.9. The van der Waals surface area contributed by atoms with Crippen LogP contribution in [0.3, 0.4) is 0 Å². The first-order chi connectivity index (χ1) is 16.0. The molecule has 9 nitrogen and oxygen atoms in total. The second kappa shape index (κ2) is 13.1. The van der Waals surface area contributed by atoms with Gasteiger partial charge in [0.1, 0.15) is 5.69 Å². The molecule has 0 spiro atoms. The maximum absolute atomic E-state index is 8.87. The molecule has 4 rings (SSSR count). The van der Waals surface area contributed by atoms with E-state index in [0.29, 0.717) is 35.8 Å². The summed E-state index contributed by atoms with van der Waals surface area (Å²) >= 11 is 1.83. The second-order valence-electron chi connectivity index (χ2n) is 7.89. The van der Waals surface area contributed by atoms with Gasteiger partial charge in [0, 0.05) is 37.2 Å². The Kier molecular flexibility index (Phi) is 10.5. The van der Waals surface area contributed by atoms with Crippen LogP contribution in [-0.2, 0) is 6.54 Å². The van der Waals surface area contributed by atoms with Gasteiger partial charge in [-0.25, -0.2) is 4.98 Å². The van der Waals surface area contributed by atoms with Crippen molar-refractivity contribution < 1.29 is 23.3 Å². The SMILES string of the molecule is Cc1ncc(-c2ccc(SC(C)C)cc2)nc1-c1nnc(-c2ccc(CNCCO)cc2)o1.O.O.[HH].[HH]. The fourth-order valence-corrected chi connectivity index (χ4v) is 4.12. The summed E-state index contributed by atoms with van der Waals surface area (Å²) < 4.78 is 5.95. The summed E-state index contributed by atoms with van der Waals surface area (Å²) in [6, 6.07) is 16.2. The number of rotatable bonds is 9. The van der Waals surface area contributed by atoms with E-state index in [2.05, 4.69) is 58.6 Å². The number of benzene rings is 2. The van der Waals surface area contributed by atoms with E-state index in [0.717, 1.165) is 28.1 Å². The predicted octanol–water partition coefficient (Wildman–Crippen LogP) is 3.59. The summed E-state index contributed by atoms with van der Waals surface area (Å²) in [6.45, 7) is 7.62. The maximum atomic E-state index is 8.87. The molecule has 0 radical (unpaired) electrons. The number of nitrogens with one attached hydrogen (secondary N) is 1. The van der Waals surface area contributed by atoms with Crippen LogP contribution in [-0.4, -0.2) is 54.6 Å². The van der Waals surface area contributed by atoms with Crippen LogP contribution in [0, 0.1) is 6.92 Å². The molecule has 190 valence electrons. The number of aliphatic hydroxyl groups excluding tert-OH is 1. The average molecular weight is 502 g/mol. The van der Waals surface area contributed by atoms with E-state index in [4.69, 9.17) is 14.5 Å². The third-order valence-electron chi connectivity index (χ3n) is 4.92. The van der Waals surface area contributed by atoms with Crippen LogP contribution >= 0.6 is 11.8 Å². The van der Waals surface area contributed by atoms with E-state index < -0.39 is 0 Å². The highest BCUT2D eigenvalue weighted by Crippen LogP contribution is 2.29. The van der Waals surface area contributed by atoms with Crippen LogP contribution in [0.4, 0.5) is 0 Å². The average Bonchev–Trinajstić information content (AvgIpc) is 3.30. The summed E-state index contributed by atoms with van der Waals surface area (Å²) in [7, 11) is 0. The lowest BCUT2D eigenvalue weighted by molar-refractivity contribution is 0.292. The lowest BCUT2D eigenvalue weighted by atomic mass is 10.1. The van der Waals surface area contributed by atoms with Crippen molar-refractivity contribution in [3.8, 4) is 34.3 Å². The molecule has 0 bridgehead atoms. The Bertz CT molecular complexity index is 1210. The molecule has 6 N–H and O–H groups in total. The van der Waals surface area contributed by atoms with Crippen molar-refractivity contribution in [2.75, 3.05) is 13.2 Å². The molecule has 0 amide bonds. The minimum atomic E-state index is 0. The predicted molar refractivity (Wildman–Crippen MR) is 142 cm³/mol. The fourth-order valence-electron chi connectivity index (χ4n) is 3.28. The van der Waals surface area contributed by atoms with Crippen LogP contribution in [0.25, 0.3) is 34.3 Å². The van der Waals surface area contributed by atoms with Crippen LogP contribution in [0.2, 0.25) is 0 Å². The molecular weight excluding hydrogens is 466 g/mol. The number of nitrogens with zero attached hydrogens (tertiary/aromatic N) is 4. The van der Waals surface area contributed by atoms with Crippen LogP contribution in [0.5, 0.6) is 0 Å². The molecule has 0 fully saturated rings. The Balaban J connectivity index is 0.00000324. The summed E-state index contributed by atoms with van der Waals surface area (Å²) in [6.07, 6.45) is 1.77. The van der Waals surface area contributed by atoms with E-state index in [9.17, 15) is 0 Å². The van der Waals surface area contributed by atoms with Gasteiger partial charge in [0.15, 0.2) is 0 Å². The van der Waals surface area contributed by atoms with Crippen molar-refractivity contribution in [3.63, 3.8) is 0 Å². The monoisotopic (exact) mass is 501 g/mol. The summed E-state index contributed by atoms with van der Waals surface area (Å²) in [5, 5.41) is 21.0. The van der Waals surface area contributed by atoms with Crippen molar-refractivity contribution in [1.82, 2.24) is 25.5 Å². The zero-order valence-electron chi connectivity index (χ0n) is 19.9. The molecule has 0 aliphatic heterocycles. The standard InChI is InChI=1S/C25H27N5O2S.2H2O.2H2/c1-16(2)33-21-10-8-19(9-11-21)22-15-27-17(3)23(28-22)25-30-29-24(32-25)20-6-4-18(5-7-20)14-26-12-13-31;;;;/h4-11,15-16,26,31H,12-14H2,1-3H3;2*1H2;2*1H. The molecular formula is C25H35N5O4S. The Labute approximate surface area is 211 Å². The quantitative estimate of drug-likeness (QED) is 0.260. The van der Waals surface area contributed by atoms with Crippen molar-refractivity contribution >= 4 is 11.8 Å². The Morgan fingerprint density at radius 2 is 1.63 bits per heavy atom.